The summed E-state index contributed by atoms with van der Waals surface area (Å²) in [5, 5.41) is 12.3. The number of rotatable bonds is 5. The van der Waals surface area contributed by atoms with Crippen LogP contribution in [-0.4, -0.2) is 41.8 Å². The van der Waals surface area contributed by atoms with Crippen molar-refractivity contribution in [3.63, 3.8) is 0 Å². The van der Waals surface area contributed by atoms with Crippen LogP contribution >= 0.6 is 15.9 Å². The monoisotopic (exact) mass is 340 g/mol. The Morgan fingerprint density at radius 2 is 2.15 bits per heavy atom. The molecule has 0 bridgehead atoms. The van der Waals surface area contributed by atoms with Gasteiger partial charge in [-0.15, -0.1) is 0 Å². The molecule has 2 N–H and O–H groups in total. The Morgan fingerprint density at radius 1 is 1.50 bits per heavy atom. The second-order valence-corrected chi connectivity index (χ2v) is 6.42. The predicted octanol–water partition coefficient (Wildman–Crippen LogP) is 2.72. The molecular formula is C15H21BrN2O2. The van der Waals surface area contributed by atoms with E-state index in [1.54, 1.807) is 18.9 Å². The summed E-state index contributed by atoms with van der Waals surface area (Å²) in [5.74, 6) is 0.428. The Balaban J connectivity index is 1.78. The van der Waals surface area contributed by atoms with E-state index in [2.05, 4.69) is 33.4 Å². The average Bonchev–Trinajstić information content (AvgIpc) is 3.15. The van der Waals surface area contributed by atoms with Gasteiger partial charge in [0.1, 0.15) is 0 Å². The molecule has 0 saturated heterocycles. The quantitative estimate of drug-likeness (QED) is 0.865. The van der Waals surface area contributed by atoms with E-state index in [-0.39, 0.29) is 18.2 Å². The minimum absolute atomic E-state index is 0.0599. The summed E-state index contributed by atoms with van der Waals surface area (Å²) in [4.78, 5) is 13.6. The number of benzene rings is 1. The highest BCUT2D eigenvalue weighted by atomic mass is 79.9. The van der Waals surface area contributed by atoms with Crippen molar-refractivity contribution in [1.82, 2.24) is 10.2 Å². The van der Waals surface area contributed by atoms with Crippen LogP contribution in [0.25, 0.3) is 0 Å². The summed E-state index contributed by atoms with van der Waals surface area (Å²) in [6.07, 6.45) is 1.23. The molecule has 3 atom stereocenters. The van der Waals surface area contributed by atoms with E-state index in [1.807, 2.05) is 12.1 Å². The minimum atomic E-state index is -0.373. The summed E-state index contributed by atoms with van der Waals surface area (Å²) in [5.41, 5.74) is 1.27. The number of aliphatic hydroxyl groups excluding tert-OH is 1. The van der Waals surface area contributed by atoms with E-state index in [9.17, 15) is 9.90 Å². The molecule has 1 fully saturated rings. The van der Waals surface area contributed by atoms with Crippen LogP contribution in [0.3, 0.4) is 0 Å². The molecule has 1 aromatic rings. The van der Waals surface area contributed by atoms with Gasteiger partial charge < -0.3 is 15.3 Å². The van der Waals surface area contributed by atoms with Crippen LogP contribution < -0.4 is 5.32 Å². The molecule has 110 valence electrons. The molecule has 1 aliphatic carbocycles. The number of hydrogen-bond donors (Lipinski definition) is 2. The number of nitrogens with zero attached hydrogens (tertiary/aromatic N) is 1. The maximum atomic E-state index is 12.0. The van der Waals surface area contributed by atoms with Crippen molar-refractivity contribution in [2.45, 2.75) is 37.8 Å². The molecule has 2 amide bonds. The first-order valence-electron chi connectivity index (χ1n) is 6.92. The molecule has 0 spiro atoms. The average molecular weight is 341 g/mol. The molecule has 5 heteroatoms. The third kappa shape index (κ3) is 4.21. The third-order valence-corrected chi connectivity index (χ3v) is 4.16. The molecule has 0 heterocycles. The first-order chi connectivity index (χ1) is 9.47. The van der Waals surface area contributed by atoms with Gasteiger partial charge in [0, 0.05) is 30.0 Å². The molecule has 0 radical (unpaired) electrons. The lowest BCUT2D eigenvalue weighted by Crippen LogP contribution is -2.40. The van der Waals surface area contributed by atoms with Gasteiger partial charge in [0.05, 0.1) is 6.10 Å². The number of urea groups is 1. The number of amides is 2. The maximum absolute atomic E-state index is 12.0. The van der Waals surface area contributed by atoms with Gasteiger partial charge in [-0.2, -0.15) is 0 Å². The van der Waals surface area contributed by atoms with E-state index in [0.29, 0.717) is 18.9 Å². The number of nitrogens with one attached hydrogen (secondary N) is 1. The molecule has 20 heavy (non-hydrogen) atoms. The smallest absolute Gasteiger partial charge is 0.317 e. The fourth-order valence-corrected chi connectivity index (χ4v) is 2.45. The Kier molecular flexibility index (Phi) is 5.05. The minimum Gasteiger partial charge on any atom is -0.393 e. The Labute approximate surface area is 128 Å². The van der Waals surface area contributed by atoms with E-state index >= 15 is 0 Å². The molecule has 0 aromatic heterocycles. The molecule has 2 rings (SSSR count). The zero-order chi connectivity index (χ0) is 14.7. The summed E-state index contributed by atoms with van der Waals surface area (Å²) in [7, 11) is 1.76. The topological polar surface area (TPSA) is 52.6 Å². The number of aliphatic hydroxyl groups is 1. The SMILES string of the molecule is C[C@H](O)CCN(C)C(=O)N[C@H]1C[C@H]1c1ccc(Br)cc1. The molecular weight excluding hydrogens is 320 g/mol. The van der Waals surface area contributed by atoms with Gasteiger partial charge in [0.15, 0.2) is 0 Å². The molecule has 1 aliphatic rings. The van der Waals surface area contributed by atoms with Crippen LogP contribution in [0, 0.1) is 0 Å². The molecule has 1 saturated carbocycles. The van der Waals surface area contributed by atoms with Crippen molar-refractivity contribution >= 4 is 22.0 Å². The molecule has 0 unspecified atom stereocenters. The molecule has 1 aromatic carbocycles. The summed E-state index contributed by atoms with van der Waals surface area (Å²) in [6, 6.07) is 8.42. The number of carbonyl (C=O) groups excluding carboxylic acids is 1. The van der Waals surface area contributed by atoms with Crippen LogP contribution in [-0.2, 0) is 0 Å². The first-order valence-corrected chi connectivity index (χ1v) is 7.72. The van der Waals surface area contributed by atoms with Gasteiger partial charge in [0.2, 0.25) is 0 Å². The summed E-state index contributed by atoms with van der Waals surface area (Å²) >= 11 is 3.42. The van der Waals surface area contributed by atoms with Gasteiger partial charge in [-0.3, -0.25) is 0 Å². The van der Waals surface area contributed by atoms with Gasteiger partial charge >= 0.3 is 6.03 Å². The highest BCUT2D eigenvalue weighted by molar-refractivity contribution is 9.10. The van der Waals surface area contributed by atoms with Crippen LogP contribution in [0.15, 0.2) is 28.7 Å². The van der Waals surface area contributed by atoms with Crippen molar-refractivity contribution in [3.05, 3.63) is 34.3 Å². The Hall–Kier alpha value is -1.07. The standard InChI is InChI=1S/C15H21BrN2O2/c1-10(19)7-8-18(2)15(20)17-14-9-13(14)11-3-5-12(16)6-4-11/h3-6,10,13-14,19H,7-9H2,1-2H3,(H,17,20)/t10-,13-,14-/m0/s1. The Morgan fingerprint density at radius 3 is 2.75 bits per heavy atom. The van der Waals surface area contributed by atoms with E-state index in [0.717, 1.165) is 10.9 Å². The first kappa shape index (κ1) is 15.3. The van der Waals surface area contributed by atoms with Gasteiger partial charge in [-0.25, -0.2) is 4.79 Å². The normalized spacial score (nSPS) is 22.2. The van der Waals surface area contributed by atoms with Crippen LogP contribution in [0.5, 0.6) is 0 Å². The van der Waals surface area contributed by atoms with Gasteiger partial charge in [0.25, 0.3) is 0 Å². The van der Waals surface area contributed by atoms with Gasteiger partial charge in [-0.05, 0) is 37.5 Å². The largest absolute Gasteiger partial charge is 0.393 e. The second kappa shape index (κ2) is 6.59. The van der Waals surface area contributed by atoms with Crippen molar-refractivity contribution in [2.75, 3.05) is 13.6 Å². The fraction of sp³-hybridized carbons (Fsp3) is 0.533. The number of halogens is 1. The zero-order valence-electron chi connectivity index (χ0n) is 11.8. The van der Waals surface area contributed by atoms with Crippen LogP contribution in [0.2, 0.25) is 0 Å². The second-order valence-electron chi connectivity index (χ2n) is 5.51. The van der Waals surface area contributed by atoms with Gasteiger partial charge in [-0.1, -0.05) is 28.1 Å². The Bertz CT molecular complexity index is 461. The maximum Gasteiger partial charge on any atom is 0.317 e. The summed E-state index contributed by atoms with van der Waals surface area (Å²) < 4.78 is 1.07. The van der Waals surface area contributed by atoms with E-state index < -0.39 is 0 Å². The van der Waals surface area contributed by atoms with Crippen LogP contribution in [0.1, 0.15) is 31.2 Å². The lowest BCUT2D eigenvalue weighted by molar-refractivity contribution is 0.163. The fourth-order valence-electron chi connectivity index (χ4n) is 2.18. The lowest BCUT2D eigenvalue weighted by atomic mass is 10.1. The third-order valence-electron chi connectivity index (χ3n) is 3.63. The predicted molar refractivity (Wildman–Crippen MR) is 82.7 cm³/mol. The van der Waals surface area contributed by atoms with Crippen molar-refractivity contribution < 1.29 is 9.90 Å². The van der Waals surface area contributed by atoms with Crippen LogP contribution in [0.4, 0.5) is 4.79 Å². The highest BCUT2D eigenvalue weighted by Gasteiger charge is 2.39. The summed E-state index contributed by atoms with van der Waals surface area (Å²) in [6.45, 7) is 2.30. The highest BCUT2D eigenvalue weighted by Crippen LogP contribution is 2.41. The number of carbonyl (C=O) groups is 1. The molecule has 4 nitrogen and oxygen atoms in total. The van der Waals surface area contributed by atoms with E-state index in [4.69, 9.17) is 0 Å². The van der Waals surface area contributed by atoms with Crippen molar-refractivity contribution in [2.24, 2.45) is 0 Å². The molecule has 0 aliphatic heterocycles. The lowest BCUT2D eigenvalue weighted by Gasteiger charge is -2.18. The van der Waals surface area contributed by atoms with E-state index in [1.165, 1.54) is 5.56 Å². The van der Waals surface area contributed by atoms with Crippen molar-refractivity contribution in [3.8, 4) is 0 Å². The zero-order valence-corrected chi connectivity index (χ0v) is 13.4. The number of hydrogen-bond acceptors (Lipinski definition) is 2. The van der Waals surface area contributed by atoms with Crippen molar-refractivity contribution in [1.29, 1.82) is 0 Å².